The predicted molar refractivity (Wildman–Crippen MR) is 132 cm³/mol. The molecular formula is C21H39IN4O2S. The summed E-state index contributed by atoms with van der Waals surface area (Å²) in [5.41, 5.74) is 0. The lowest BCUT2D eigenvalue weighted by molar-refractivity contribution is -0.135. The van der Waals surface area contributed by atoms with Gasteiger partial charge in [0.05, 0.1) is 0 Å². The van der Waals surface area contributed by atoms with Crippen LogP contribution in [0.3, 0.4) is 0 Å². The van der Waals surface area contributed by atoms with Gasteiger partial charge in [-0.3, -0.25) is 9.79 Å². The van der Waals surface area contributed by atoms with Gasteiger partial charge in [-0.25, -0.2) is 0 Å². The van der Waals surface area contributed by atoms with Gasteiger partial charge in [-0.2, -0.15) is 11.8 Å². The fraction of sp³-hybridized carbons (Fsp3) is 0.905. The number of carbonyl (C=O) groups is 1. The molecule has 8 heteroatoms. The summed E-state index contributed by atoms with van der Waals surface area (Å²) in [4.78, 5) is 19.3. The zero-order valence-corrected chi connectivity index (χ0v) is 21.2. The van der Waals surface area contributed by atoms with Gasteiger partial charge in [0, 0.05) is 56.6 Å². The first-order chi connectivity index (χ1) is 13.7. The number of thioether (sulfide) groups is 1. The van der Waals surface area contributed by atoms with Gasteiger partial charge in [-0.15, -0.1) is 24.0 Å². The number of ether oxygens (including phenoxy) is 1. The number of amides is 1. The molecule has 3 fully saturated rings. The Balaban J connectivity index is 0.00000300. The normalized spacial score (nSPS) is 25.4. The van der Waals surface area contributed by atoms with Crippen LogP contribution in [0.2, 0.25) is 0 Å². The number of guanidine groups is 1. The van der Waals surface area contributed by atoms with E-state index in [1.165, 1.54) is 19.3 Å². The standard InChI is InChI=1S/C21H38N4O2S.HI/c1-3-28-21(10-13-27-14-11-21)16-23-20(22-2)24-18-9-12-25(15-18)19(26)17-7-5-4-6-8-17;/h17-18H,3-16H2,1-2H3,(H2,22,23,24);1H. The molecule has 1 unspecified atom stereocenters. The van der Waals surface area contributed by atoms with Crippen molar-refractivity contribution < 1.29 is 9.53 Å². The third kappa shape index (κ3) is 7.16. The topological polar surface area (TPSA) is 66.0 Å². The van der Waals surface area contributed by atoms with Crippen LogP contribution in [0.1, 0.15) is 58.3 Å². The molecule has 168 valence electrons. The summed E-state index contributed by atoms with van der Waals surface area (Å²) in [5, 5.41) is 7.11. The third-order valence-corrected chi connectivity index (χ3v) is 7.90. The van der Waals surface area contributed by atoms with Crippen molar-refractivity contribution in [3.8, 4) is 0 Å². The molecule has 0 radical (unpaired) electrons. The Morgan fingerprint density at radius 3 is 2.59 bits per heavy atom. The molecule has 0 aromatic rings. The maximum absolute atomic E-state index is 12.8. The van der Waals surface area contributed by atoms with E-state index in [9.17, 15) is 4.79 Å². The Bertz CT molecular complexity index is 531. The highest BCUT2D eigenvalue weighted by molar-refractivity contribution is 14.0. The van der Waals surface area contributed by atoms with Crippen molar-refractivity contribution in [2.75, 3.05) is 45.6 Å². The van der Waals surface area contributed by atoms with Crippen molar-refractivity contribution >= 4 is 47.6 Å². The zero-order valence-electron chi connectivity index (χ0n) is 18.1. The molecule has 3 aliphatic rings. The molecule has 2 N–H and O–H groups in total. The van der Waals surface area contributed by atoms with E-state index in [-0.39, 0.29) is 34.6 Å². The summed E-state index contributed by atoms with van der Waals surface area (Å²) in [5.74, 6) is 2.63. The Kier molecular flexibility index (Phi) is 10.9. The molecule has 29 heavy (non-hydrogen) atoms. The molecular weight excluding hydrogens is 499 g/mol. The summed E-state index contributed by atoms with van der Waals surface area (Å²) in [6.45, 7) is 6.51. The van der Waals surface area contributed by atoms with E-state index in [1.54, 1.807) is 0 Å². The Hall–Kier alpha value is -0.220. The van der Waals surface area contributed by atoms with Gasteiger partial charge in [0.15, 0.2) is 5.96 Å². The fourth-order valence-electron chi connectivity index (χ4n) is 4.74. The van der Waals surface area contributed by atoms with E-state index < -0.39 is 0 Å². The van der Waals surface area contributed by atoms with E-state index in [0.29, 0.717) is 11.9 Å². The lowest BCUT2D eigenvalue weighted by atomic mass is 9.88. The van der Waals surface area contributed by atoms with Crippen LogP contribution in [0.4, 0.5) is 0 Å². The van der Waals surface area contributed by atoms with Gasteiger partial charge in [-0.1, -0.05) is 26.2 Å². The smallest absolute Gasteiger partial charge is 0.225 e. The highest BCUT2D eigenvalue weighted by atomic mass is 127. The zero-order chi connectivity index (χ0) is 19.8. The molecule has 1 aliphatic carbocycles. The minimum Gasteiger partial charge on any atom is -0.381 e. The fourth-order valence-corrected chi connectivity index (χ4v) is 5.98. The first kappa shape index (κ1) is 25.0. The van der Waals surface area contributed by atoms with Crippen molar-refractivity contribution in [2.24, 2.45) is 10.9 Å². The maximum Gasteiger partial charge on any atom is 0.225 e. The highest BCUT2D eigenvalue weighted by Crippen LogP contribution is 2.34. The van der Waals surface area contributed by atoms with Gasteiger partial charge in [-0.05, 0) is 37.9 Å². The molecule has 2 saturated heterocycles. The lowest BCUT2D eigenvalue weighted by Crippen LogP contribution is -2.51. The van der Waals surface area contributed by atoms with Crippen molar-refractivity contribution in [1.29, 1.82) is 0 Å². The Morgan fingerprint density at radius 2 is 1.93 bits per heavy atom. The molecule has 6 nitrogen and oxygen atoms in total. The summed E-state index contributed by atoms with van der Waals surface area (Å²) >= 11 is 2.04. The first-order valence-electron chi connectivity index (χ1n) is 11.1. The molecule has 0 spiro atoms. The molecule has 2 aliphatic heterocycles. The summed E-state index contributed by atoms with van der Waals surface area (Å²) in [7, 11) is 1.83. The Labute approximate surface area is 197 Å². The minimum absolute atomic E-state index is 0. The summed E-state index contributed by atoms with van der Waals surface area (Å²) < 4.78 is 5.81. The highest BCUT2D eigenvalue weighted by Gasteiger charge is 2.34. The van der Waals surface area contributed by atoms with Crippen LogP contribution < -0.4 is 10.6 Å². The average molecular weight is 539 g/mol. The predicted octanol–water partition coefficient (Wildman–Crippen LogP) is 3.25. The van der Waals surface area contributed by atoms with Crippen molar-refractivity contribution in [3.63, 3.8) is 0 Å². The van der Waals surface area contributed by atoms with Crippen molar-refractivity contribution in [1.82, 2.24) is 15.5 Å². The van der Waals surface area contributed by atoms with Crippen LogP contribution >= 0.6 is 35.7 Å². The number of hydrogen-bond acceptors (Lipinski definition) is 4. The number of rotatable bonds is 6. The second-order valence-corrected chi connectivity index (χ2v) is 10.1. The average Bonchev–Trinajstić information content (AvgIpc) is 3.20. The molecule has 1 atom stereocenters. The monoisotopic (exact) mass is 538 g/mol. The van der Waals surface area contributed by atoms with Crippen LogP contribution in [0.5, 0.6) is 0 Å². The van der Waals surface area contributed by atoms with Crippen LogP contribution in [-0.4, -0.2) is 73.2 Å². The van der Waals surface area contributed by atoms with Crippen LogP contribution in [0.15, 0.2) is 4.99 Å². The van der Waals surface area contributed by atoms with E-state index in [4.69, 9.17) is 4.74 Å². The second-order valence-electron chi connectivity index (χ2n) is 8.40. The van der Waals surface area contributed by atoms with Crippen LogP contribution in [0.25, 0.3) is 0 Å². The van der Waals surface area contributed by atoms with E-state index in [2.05, 4.69) is 27.4 Å². The van der Waals surface area contributed by atoms with Gasteiger partial charge >= 0.3 is 0 Å². The van der Waals surface area contributed by atoms with Gasteiger partial charge in [0.25, 0.3) is 0 Å². The molecule has 2 heterocycles. The van der Waals surface area contributed by atoms with Crippen LogP contribution in [-0.2, 0) is 9.53 Å². The van der Waals surface area contributed by atoms with E-state index in [0.717, 1.165) is 76.7 Å². The third-order valence-electron chi connectivity index (χ3n) is 6.45. The number of hydrogen-bond donors (Lipinski definition) is 2. The molecule has 3 rings (SSSR count). The number of aliphatic imine (C=N–C) groups is 1. The number of carbonyl (C=O) groups excluding carboxylic acids is 1. The summed E-state index contributed by atoms with van der Waals surface area (Å²) in [6.07, 6.45) is 9.05. The van der Waals surface area contributed by atoms with Gasteiger partial charge in [0.1, 0.15) is 0 Å². The SMILES string of the molecule is CCSC1(CNC(=NC)NC2CCN(C(=O)C3CCCCC3)C2)CCOCC1.I. The molecule has 1 amide bonds. The van der Waals surface area contributed by atoms with E-state index in [1.807, 2.05) is 18.8 Å². The van der Waals surface area contributed by atoms with E-state index >= 15 is 0 Å². The number of likely N-dealkylation sites (tertiary alicyclic amines) is 1. The number of nitrogens with one attached hydrogen (secondary N) is 2. The van der Waals surface area contributed by atoms with Gasteiger partial charge in [0.2, 0.25) is 5.91 Å². The largest absolute Gasteiger partial charge is 0.381 e. The minimum atomic E-state index is 0. The molecule has 0 aromatic heterocycles. The second kappa shape index (κ2) is 12.6. The van der Waals surface area contributed by atoms with Crippen LogP contribution in [0, 0.1) is 5.92 Å². The molecule has 0 aromatic carbocycles. The number of halogens is 1. The molecule has 1 saturated carbocycles. The number of nitrogens with zero attached hydrogens (tertiary/aromatic N) is 2. The van der Waals surface area contributed by atoms with Crippen molar-refractivity contribution in [2.45, 2.75) is 69.1 Å². The molecule has 0 bridgehead atoms. The maximum atomic E-state index is 12.8. The lowest BCUT2D eigenvalue weighted by Gasteiger charge is -2.37. The van der Waals surface area contributed by atoms with Crippen molar-refractivity contribution in [3.05, 3.63) is 0 Å². The van der Waals surface area contributed by atoms with Gasteiger partial charge < -0.3 is 20.3 Å². The first-order valence-corrected chi connectivity index (χ1v) is 12.1. The Morgan fingerprint density at radius 1 is 1.21 bits per heavy atom. The summed E-state index contributed by atoms with van der Waals surface area (Å²) in [6, 6.07) is 0.295. The quantitative estimate of drug-likeness (QED) is 0.309.